The maximum Gasteiger partial charge on any atom is 0.330 e. The van der Waals surface area contributed by atoms with Crippen LogP contribution in [0.25, 0.3) is 0 Å². The molecule has 2 aliphatic heterocycles. The quantitative estimate of drug-likeness (QED) is 0.527. The van der Waals surface area contributed by atoms with Crippen molar-refractivity contribution in [2.75, 3.05) is 13.2 Å². The molecule has 2 fully saturated rings. The molecule has 2 rings (SSSR count). The highest BCUT2D eigenvalue weighted by Gasteiger charge is 2.36. The first-order chi connectivity index (χ1) is 4.86. The highest BCUT2D eigenvalue weighted by molar-refractivity contribution is 7.40. The lowest BCUT2D eigenvalue weighted by molar-refractivity contribution is -0.0212. The van der Waals surface area contributed by atoms with Crippen molar-refractivity contribution in [3.05, 3.63) is 0 Å². The molecule has 3 atom stereocenters. The van der Waals surface area contributed by atoms with Gasteiger partial charge in [-0.25, -0.2) is 0 Å². The molecular formula is C5H9O4P. The molecule has 2 saturated heterocycles. The standard InChI is InChI=1S/C5H9O4P/c6-10-8-3-5-4(9-10)1-2-7-5/h4-6H,1-3H2. The van der Waals surface area contributed by atoms with Gasteiger partial charge in [0.15, 0.2) is 0 Å². The Bertz CT molecular complexity index is 131. The number of hydrogen-bond acceptors (Lipinski definition) is 4. The van der Waals surface area contributed by atoms with Gasteiger partial charge >= 0.3 is 8.60 Å². The predicted molar refractivity (Wildman–Crippen MR) is 34.3 cm³/mol. The second-order valence-electron chi connectivity index (χ2n) is 2.38. The van der Waals surface area contributed by atoms with Gasteiger partial charge in [-0.15, -0.1) is 0 Å². The van der Waals surface area contributed by atoms with Crippen LogP contribution in [0, 0.1) is 0 Å². The van der Waals surface area contributed by atoms with Gasteiger partial charge < -0.3 is 18.7 Å². The summed E-state index contributed by atoms with van der Waals surface area (Å²) < 4.78 is 15.2. The van der Waals surface area contributed by atoms with Crippen molar-refractivity contribution in [3.8, 4) is 0 Å². The SMILES string of the molecule is OP1OCC2OCCC2O1. The van der Waals surface area contributed by atoms with Gasteiger partial charge in [0, 0.05) is 13.0 Å². The van der Waals surface area contributed by atoms with E-state index in [9.17, 15) is 0 Å². The Morgan fingerprint density at radius 3 is 3.20 bits per heavy atom. The van der Waals surface area contributed by atoms with E-state index in [1.54, 1.807) is 0 Å². The van der Waals surface area contributed by atoms with Crippen molar-refractivity contribution in [1.29, 1.82) is 0 Å². The van der Waals surface area contributed by atoms with Crippen molar-refractivity contribution < 1.29 is 18.7 Å². The zero-order chi connectivity index (χ0) is 6.97. The first-order valence-electron chi connectivity index (χ1n) is 3.26. The highest BCUT2D eigenvalue weighted by atomic mass is 31.2. The minimum Gasteiger partial charge on any atom is -0.373 e. The second kappa shape index (κ2) is 2.72. The molecule has 5 heteroatoms. The maximum absolute atomic E-state index is 8.92. The number of ether oxygens (including phenoxy) is 1. The first-order valence-corrected chi connectivity index (χ1v) is 4.39. The van der Waals surface area contributed by atoms with Crippen LogP contribution in [-0.4, -0.2) is 30.3 Å². The lowest BCUT2D eigenvalue weighted by atomic mass is 10.2. The molecule has 2 heterocycles. The van der Waals surface area contributed by atoms with Crippen LogP contribution in [0.2, 0.25) is 0 Å². The van der Waals surface area contributed by atoms with Gasteiger partial charge in [-0.05, 0) is 0 Å². The van der Waals surface area contributed by atoms with Crippen LogP contribution in [0.15, 0.2) is 0 Å². The van der Waals surface area contributed by atoms with Gasteiger partial charge in [0.2, 0.25) is 0 Å². The molecule has 0 aliphatic carbocycles. The largest absolute Gasteiger partial charge is 0.373 e. The van der Waals surface area contributed by atoms with E-state index in [1.807, 2.05) is 0 Å². The fourth-order valence-electron chi connectivity index (χ4n) is 1.19. The molecule has 10 heavy (non-hydrogen) atoms. The number of rotatable bonds is 0. The van der Waals surface area contributed by atoms with Gasteiger partial charge in [0.25, 0.3) is 0 Å². The van der Waals surface area contributed by atoms with Crippen LogP contribution >= 0.6 is 8.60 Å². The van der Waals surface area contributed by atoms with Crippen LogP contribution in [0.3, 0.4) is 0 Å². The molecule has 58 valence electrons. The maximum atomic E-state index is 8.92. The lowest BCUT2D eigenvalue weighted by Gasteiger charge is -2.26. The first kappa shape index (κ1) is 6.95. The zero-order valence-electron chi connectivity index (χ0n) is 5.40. The molecule has 4 nitrogen and oxygen atoms in total. The summed E-state index contributed by atoms with van der Waals surface area (Å²) in [5.74, 6) is 0. The molecule has 0 aromatic heterocycles. The summed E-state index contributed by atoms with van der Waals surface area (Å²) in [6.45, 7) is 1.20. The van der Waals surface area contributed by atoms with E-state index in [1.165, 1.54) is 0 Å². The number of fused-ring (bicyclic) bond motifs is 1. The summed E-state index contributed by atoms with van der Waals surface area (Å²) >= 11 is 0. The molecular weight excluding hydrogens is 155 g/mol. The summed E-state index contributed by atoms with van der Waals surface area (Å²) in [4.78, 5) is 8.92. The average molecular weight is 164 g/mol. The second-order valence-corrected chi connectivity index (χ2v) is 3.32. The van der Waals surface area contributed by atoms with Crippen molar-refractivity contribution in [1.82, 2.24) is 0 Å². The summed E-state index contributed by atoms with van der Waals surface area (Å²) in [5.41, 5.74) is 0. The normalized spacial score (nSPS) is 47.1. The van der Waals surface area contributed by atoms with Crippen LogP contribution in [-0.2, 0) is 13.8 Å². The van der Waals surface area contributed by atoms with Gasteiger partial charge in [-0.1, -0.05) is 0 Å². The molecule has 0 spiro atoms. The Labute approximate surface area is 60.1 Å². The van der Waals surface area contributed by atoms with E-state index in [0.29, 0.717) is 6.61 Å². The van der Waals surface area contributed by atoms with Crippen LogP contribution in [0.5, 0.6) is 0 Å². The lowest BCUT2D eigenvalue weighted by Crippen LogP contribution is -2.31. The average Bonchev–Trinajstić information content (AvgIpc) is 2.33. The molecule has 0 radical (unpaired) electrons. The number of hydrogen-bond donors (Lipinski definition) is 1. The monoisotopic (exact) mass is 164 g/mol. The van der Waals surface area contributed by atoms with E-state index in [4.69, 9.17) is 18.7 Å². The molecule has 3 unspecified atom stereocenters. The van der Waals surface area contributed by atoms with E-state index < -0.39 is 8.60 Å². The fraction of sp³-hybridized carbons (Fsp3) is 1.00. The minimum absolute atomic E-state index is 0.0610. The third-order valence-corrected chi connectivity index (χ3v) is 2.54. The Morgan fingerprint density at radius 2 is 2.30 bits per heavy atom. The van der Waals surface area contributed by atoms with Crippen LogP contribution in [0.1, 0.15) is 6.42 Å². The van der Waals surface area contributed by atoms with E-state index >= 15 is 0 Å². The third kappa shape index (κ3) is 1.18. The van der Waals surface area contributed by atoms with E-state index in [-0.39, 0.29) is 12.2 Å². The van der Waals surface area contributed by atoms with Crippen molar-refractivity contribution in [2.45, 2.75) is 18.6 Å². The van der Waals surface area contributed by atoms with Gasteiger partial charge in [-0.2, -0.15) is 0 Å². The summed E-state index contributed by atoms with van der Waals surface area (Å²) in [5, 5.41) is 0. The minimum atomic E-state index is -1.60. The van der Waals surface area contributed by atoms with Gasteiger partial charge in [0.1, 0.15) is 6.10 Å². The van der Waals surface area contributed by atoms with E-state index in [2.05, 4.69) is 0 Å². The van der Waals surface area contributed by atoms with Gasteiger partial charge in [-0.3, -0.25) is 0 Å². The van der Waals surface area contributed by atoms with Crippen molar-refractivity contribution in [2.24, 2.45) is 0 Å². The summed E-state index contributed by atoms with van der Waals surface area (Å²) in [6, 6.07) is 0. The van der Waals surface area contributed by atoms with Crippen molar-refractivity contribution in [3.63, 3.8) is 0 Å². The van der Waals surface area contributed by atoms with Crippen molar-refractivity contribution >= 4 is 8.60 Å². The molecule has 1 N–H and O–H groups in total. The molecule has 0 aromatic rings. The Balaban J connectivity index is 1.96. The third-order valence-electron chi connectivity index (χ3n) is 1.72. The molecule has 2 aliphatic rings. The van der Waals surface area contributed by atoms with E-state index in [0.717, 1.165) is 13.0 Å². The smallest absolute Gasteiger partial charge is 0.330 e. The Morgan fingerprint density at radius 1 is 1.40 bits per heavy atom. The van der Waals surface area contributed by atoms with Crippen LogP contribution in [0.4, 0.5) is 0 Å². The Kier molecular flexibility index (Phi) is 1.89. The zero-order valence-corrected chi connectivity index (χ0v) is 6.29. The van der Waals surface area contributed by atoms with Crippen LogP contribution < -0.4 is 0 Å². The molecule has 0 aromatic carbocycles. The van der Waals surface area contributed by atoms with Gasteiger partial charge in [0.05, 0.1) is 12.7 Å². The predicted octanol–water partition coefficient (Wildman–Crippen LogP) is 0.410. The fourth-order valence-corrected chi connectivity index (χ4v) is 2.00. The topological polar surface area (TPSA) is 47.9 Å². The molecule has 0 bridgehead atoms. The molecule has 0 amide bonds. The highest BCUT2D eigenvalue weighted by Crippen LogP contribution is 2.42. The molecule has 0 saturated carbocycles. The Hall–Kier alpha value is 0.270. The summed E-state index contributed by atoms with van der Waals surface area (Å²) in [6.07, 6.45) is 1.02. The summed E-state index contributed by atoms with van der Waals surface area (Å²) in [7, 11) is -1.60.